The highest BCUT2D eigenvalue weighted by Crippen LogP contribution is 2.44. The molecule has 4 heteroatoms. The molecule has 10 rings (SSSR count). The van der Waals surface area contributed by atoms with Crippen molar-refractivity contribution in [3.63, 3.8) is 0 Å². The number of hydrogen-bond donors (Lipinski definition) is 0. The summed E-state index contributed by atoms with van der Waals surface area (Å²) in [6, 6.07) is 54.2. The number of hydrogen-bond acceptors (Lipinski definition) is 4. The maximum absolute atomic E-state index is 5.08. The zero-order valence-corrected chi connectivity index (χ0v) is 33.4. The number of nitrogens with zero attached hydrogens (tertiary/aromatic N) is 3. The average Bonchev–Trinajstić information content (AvgIpc) is 3.32. The van der Waals surface area contributed by atoms with Gasteiger partial charge in [0, 0.05) is 45.1 Å². The van der Waals surface area contributed by atoms with Gasteiger partial charge < -0.3 is 0 Å². The first-order valence-corrected chi connectivity index (χ1v) is 21.3. The summed E-state index contributed by atoms with van der Waals surface area (Å²) in [7, 11) is 0. The van der Waals surface area contributed by atoms with Crippen molar-refractivity contribution < 1.29 is 0 Å². The second kappa shape index (κ2) is 16.5. The van der Waals surface area contributed by atoms with E-state index in [0.717, 1.165) is 58.9 Å². The second-order valence-electron chi connectivity index (χ2n) is 14.9. The van der Waals surface area contributed by atoms with E-state index >= 15 is 0 Å². The normalized spacial score (nSPS) is 14.9. The number of aromatic nitrogens is 3. The number of thioether (sulfide) groups is 1. The first-order valence-electron chi connectivity index (χ1n) is 20.3. The van der Waals surface area contributed by atoms with E-state index in [9.17, 15) is 0 Å². The van der Waals surface area contributed by atoms with Crippen LogP contribution in [0.15, 0.2) is 205 Å². The summed E-state index contributed by atoms with van der Waals surface area (Å²) in [4.78, 5) is 15.9. The van der Waals surface area contributed by atoms with Gasteiger partial charge in [0.15, 0.2) is 5.82 Å². The molecule has 282 valence electrons. The second-order valence-corrected chi connectivity index (χ2v) is 16.0. The predicted octanol–water partition coefficient (Wildman–Crippen LogP) is 14.5. The molecule has 0 unspecified atom stereocenters. The molecule has 0 amide bonds. The first kappa shape index (κ1) is 36.5. The van der Waals surface area contributed by atoms with Crippen molar-refractivity contribution in [1.29, 1.82) is 0 Å². The van der Waals surface area contributed by atoms with Gasteiger partial charge in [-0.25, -0.2) is 9.97 Å². The Morgan fingerprint density at radius 1 is 0.475 bits per heavy atom. The van der Waals surface area contributed by atoms with Gasteiger partial charge in [0.1, 0.15) is 0 Å². The molecule has 1 aliphatic carbocycles. The van der Waals surface area contributed by atoms with Gasteiger partial charge in [0.2, 0.25) is 0 Å². The van der Waals surface area contributed by atoms with Gasteiger partial charge in [-0.05, 0) is 92.9 Å². The third kappa shape index (κ3) is 7.63. The van der Waals surface area contributed by atoms with Crippen molar-refractivity contribution in [1.82, 2.24) is 15.0 Å². The van der Waals surface area contributed by atoms with Crippen LogP contribution in [-0.2, 0) is 6.42 Å². The van der Waals surface area contributed by atoms with Gasteiger partial charge in [-0.15, -0.1) is 11.8 Å². The first-order chi connectivity index (χ1) is 29.2. The van der Waals surface area contributed by atoms with Crippen LogP contribution < -0.4 is 0 Å². The van der Waals surface area contributed by atoms with Crippen molar-refractivity contribution >= 4 is 28.1 Å². The van der Waals surface area contributed by atoms with Crippen LogP contribution in [0.1, 0.15) is 24.0 Å². The summed E-state index contributed by atoms with van der Waals surface area (Å²) >= 11 is 1.93. The monoisotopic (exact) mass is 775 g/mol. The Balaban J connectivity index is 1.07. The van der Waals surface area contributed by atoms with Crippen molar-refractivity contribution in [2.75, 3.05) is 5.75 Å². The molecule has 6 aromatic carbocycles. The smallest absolute Gasteiger partial charge is 0.160 e. The Bertz CT molecular complexity index is 2880. The van der Waals surface area contributed by atoms with Crippen molar-refractivity contribution in [2.45, 2.75) is 19.3 Å². The van der Waals surface area contributed by atoms with E-state index < -0.39 is 0 Å². The molecule has 0 fully saturated rings. The van der Waals surface area contributed by atoms with Gasteiger partial charge in [0.25, 0.3) is 0 Å². The third-order valence-electron chi connectivity index (χ3n) is 11.2. The molecule has 0 N–H and O–H groups in total. The highest BCUT2D eigenvalue weighted by molar-refractivity contribution is 8.03. The summed E-state index contributed by atoms with van der Waals surface area (Å²) in [6.45, 7) is 0. The predicted molar refractivity (Wildman–Crippen MR) is 250 cm³/mol. The molecule has 2 aromatic heterocycles. The number of benzene rings is 6. The van der Waals surface area contributed by atoms with Gasteiger partial charge in [-0.3, -0.25) is 4.98 Å². The molecule has 2 aliphatic rings. The Kier molecular flexibility index (Phi) is 10.2. The Hall–Kier alpha value is -6.88. The molecular weight excluding hydrogens is 735 g/mol. The fraction of sp³-hybridized carbons (Fsp3) is 0.0727. The van der Waals surface area contributed by atoms with E-state index in [2.05, 4.69) is 169 Å². The molecule has 0 spiro atoms. The fourth-order valence-corrected chi connectivity index (χ4v) is 9.19. The molecule has 0 bridgehead atoms. The van der Waals surface area contributed by atoms with E-state index in [1.807, 2.05) is 48.4 Å². The lowest BCUT2D eigenvalue weighted by atomic mass is 9.85. The minimum Gasteiger partial charge on any atom is -0.264 e. The summed E-state index contributed by atoms with van der Waals surface area (Å²) in [5.74, 6) is 1.65. The highest BCUT2D eigenvalue weighted by atomic mass is 32.2. The molecule has 3 heterocycles. The van der Waals surface area contributed by atoms with Crippen LogP contribution in [0, 0.1) is 0 Å². The lowest BCUT2D eigenvalue weighted by Crippen LogP contribution is -1.99. The van der Waals surface area contributed by atoms with Crippen LogP contribution in [0.3, 0.4) is 0 Å². The number of pyridine rings is 1. The van der Waals surface area contributed by atoms with Gasteiger partial charge in [-0.1, -0.05) is 170 Å². The quantitative estimate of drug-likeness (QED) is 0.175. The molecule has 1 aliphatic heterocycles. The maximum Gasteiger partial charge on any atom is 0.160 e. The fourth-order valence-electron chi connectivity index (χ4n) is 8.22. The molecular formula is C55H41N3S. The van der Waals surface area contributed by atoms with Crippen LogP contribution in [0.4, 0.5) is 0 Å². The zero-order chi connectivity index (χ0) is 39.4. The molecule has 8 aromatic rings. The van der Waals surface area contributed by atoms with Crippen LogP contribution in [-0.4, -0.2) is 20.7 Å². The maximum atomic E-state index is 5.08. The third-order valence-corrected chi connectivity index (χ3v) is 12.3. The lowest BCUT2D eigenvalue weighted by Gasteiger charge is -2.22. The summed E-state index contributed by atoms with van der Waals surface area (Å²) in [6.07, 6.45) is 20.6. The number of allylic oxidation sites excluding steroid dienone is 6. The van der Waals surface area contributed by atoms with Crippen molar-refractivity contribution in [2.24, 2.45) is 0 Å². The minimum atomic E-state index is 0.719. The van der Waals surface area contributed by atoms with E-state index in [0.29, 0.717) is 0 Å². The SMILES string of the molecule is C1=C2SC/C=C\C=C/Cc3cc(-c4cccc5ccncc45)ccc3-c3ccc(-c4ccc(-c5cc(-c6ccccc6)nc(-c6ccccc6)n5)cc4)cc3C2=CCC1. The van der Waals surface area contributed by atoms with E-state index in [1.165, 1.54) is 65.8 Å². The summed E-state index contributed by atoms with van der Waals surface area (Å²) < 4.78 is 0. The summed E-state index contributed by atoms with van der Waals surface area (Å²) in [5, 5.41) is 2.37. The minimum absolute atomic E-state index is 0.719. The van der Waals surface area contributed by atoms with Gasteiger partial charge in [-0.2, -0.15) is 0 Å². The molecule has 0 atom stereocenters. The van der Waals surface area contributed by atoms with Crippen LogP contribution in [0.5, 0.6) is 0 Å². The van der Waals surface area contributed by atoms with Crippen molar-refractivity contribution in [3.05, 3.63) is 217 Å². The van der Waals surface area contributed by atoms with Crippen molar-refractivity contribution in [3.8, 4) is 67.3 Å². The average molecular weight is 776 g/mol. The molecule has 3 nitrogen and oxygen atoms in total. The topological polar surface area (TPSA) is 38.7 Å². The van der Waals surface area contributed by atoms with Crippen LogP contribution >= 0.6 is 11.8 Å². The highest BCUT2D eigenvalue weighted by Gasteiger charge is 2.20. The van der Waals surface area contributed by atoms with E-state index in [-0.39, 0.29) is 0 Å². The Morgan fingerprint density at radius 2 is 1.17 bits per heavy atom. The molecule has 59 heavy (non-hydrogen) atoms. The Labute approximate surface area is 350 Å². The molecule has 0 saturated carbocycles. The molecule has 0 radical (unpaired) electrons. The lowest BCUT2D eigenvalue weighted by molar-refractivity contribution is 1.04. The standard InChI is InChI=1S/C55H41N3S/c1-2-12-33-59-54-22-11-10-20-49(54)50-35-43(27-30-48(50)47-29-28-45(34-44(47)18-5-1)46-21-13-19-39-31-32-56-37-51(39)46)38-23-25-41(26-24-38)53-36-52(40-14-6-3-7-15-40)57-55(58-53)42-16-8-4-9-17-42/h1-9,12-17,19-32,34-37H,10-11,18,33H2/b5-1-,12-2-. The zero-order valence-electron chi connectivity index (χ0n) is 32.6. The Morgan fingerprint density at radius 3 is 2.00 bits per heavy atom. The molecule has 0 saturated heterocycles. The van der Waals surface area contributed by atoms with Crippen LogP contribution in [0.25, 0.3) is 83.6 Å². The van der Waals surface area contributed by atoms with Crippen LogP contribution in [0.2, 0.25) is 0 Å². The number of fused-ring (bicyclic) bond motifs is 6. The van der Waals surface area contributed by atoms with Gasteiger partial charge in [0.05, 0.1) is 11.4 Å². The van der Waals surface area contributed by atoms with E-state index in [1.54, 1.807) is 0 Å². The number of rotatable bonds is 5. The van der Waals surface area contributed by atoms with E-state index in [4.69, 9.17) is 9.97 Å². The summed E-state index contributed by atoms with van der Waals surface area (Å²) in [5.41, 5.74) is 16.1. The largest absolute Gasteiger partial charge is 0.264 e. The van der Waals surface area contributed by atoms with Gasteiger partial charge >= 0.3 is 0 Å².